The van der Waals surface area contributed by atoms with Crippen molar-refractivity contribution in [3.05, 3.63) is 54.3 Å². The molecule has 6 N–H and O–H groups in total. The summed E-state index contributed by atoms with van der Waals surface area (Å²) in [6.07, 6.45) is -4.65. The van der Waals surface area contributed by atoms with Crippen molar-refractivity contribution < 1.29 is 63.9 Å². The number of rotatable bonds is 7. The minimum atomic E-state index is -1.78. The Morgan fingerprint density at radius 3 is 2.63 bits per heavy atom. The molecular weight excluding hydrogens is 508 g/mol. The number of aliphatic hydroxyl groups is 4. The molecule has 1 aromatic rings. The SMILES string of the molecule is C=C[C@H]1[C@H](O[C@@H]2O[C@H](CO)[C@@H](OC(=O)/C=C/c3ccc(O)c(O)c3)[C@H](O)[C@H]2O)OC=C2C(=O)OCC[C@]21O. The molecule has 0 aromatic heterocycles. The Labute approximate surface area is 216 Å². The predicted octanol–water partition coefficient (Wildman–Crippen LogP) is -0.801. The molecule has 0 saturated carbocycles. The highest BCUT2D eigenvalue weighted by molar-refractivity contribution is 5.91. The molecule has 206 valence electrons. The second kappa shape index (κ2) is 11.1. The number of carbonyl (C=O) groups excluding carboxylic acids is 2. The third-order valence-electron chi connectivity index (χ3n) is 6.57. The van der Waals surface area contributed by atoms with Crippen molar-refractivity contribution in [2.45, 2.75) is 49.0 Å². The maximum absolute atomic E-state index is 12.3. The molecule has 0 aliphatic carbocycles. The maximum Gasteiger partial charge on any atom is 0.340 e. The van der Waals surface area contributed by atoms with Crippen LogP contribution in [0.4, 0.5) is 0 Å². The lowest BCUT2D eigenvalue weighted by Gasteiger charge is -2.46. The van der Waals surface area contributed by atoms with Gasteiger partial charge in [0.05, 0.1) is 25.4 Å². The first-order chi connectivity index (χ1) is 18.1. The van der Waals surface area contributed by atoms with Crippen LogP contribution >= 0.6 is 0 Å². The lowest BCUT2D eigenvalue weighted by atomic mass is 9.76. The van der Waals surface area contributed by atoms with Gasteiger partial charge in [-0.3, -0.25) is 0 Å². The fourth-order valence-electron chi connectivity index (χ4n) is 4.48. The van der Waals surface area contributed by atoms with E-state index in [1.807, 2.05) is 0 Å². The number of aliphatic hydroxyl groups excluding tert-OH is 3. The van der Waals surface area contributed by atoms with Crippen LogP contribution in [0.25, 0.3) is 6.08 Å². The Morgan fingerprint density at radius 1 is 1.18 bits per heavy atom. The molecule has 4 rings (SSSR count). The molecule has 2 fully saturated rings. The maximum atomic E-state index is 12.3. The Morgan fingerprint density at radius 2 is 1.95 bits per heavy atom. The van der Waals surface area contributed by atoms with Crippen molar-refractivity contribution in [3.63, 3.8) is 0 Å². The molecule has 3 heterocycles. The number of ether oxygens (including phenoxy) is 5. The number of aromatic hydroxyl groups is 2. The predicted molar refractivity (Wildman–Crippen MR) is 125 cm³/mol. The van der Waals surface area contributed by atoms with Crippen molar-refractivity contribution in [1.82, 2.24) is 0 Å². The number of hydrogen-bond donors (Lipinski definition) is 6. The summed E-state index contributed by atoms with van der Waals surface area (Å²) in [4.78, 5) is 24.4. The van der Waals surface area contributed by atoms with E-state index in [-0.39, 0.29) is 24.4 Å². The molecule has 0 bridgehead atoms. The quantitative estimate of drug-likeness (QED) is 0.110. The summed E-state index contributed by atoms with van der Waals surface area (Å²) in [7, 11) is 0. The van der Waals surface area contributed by atoms with Gasteiger partial charge in [-0.1, -0.05) is 12.1 Å². The summed E-state index contributed by atoms with van der Waals surface area (Å²) in [5, 5.41) is 61.2. The van der Waals surface area contributed by atoms with E-state index in [1.54, 1.807) is 0 Å². The van der Waals surface area contributed by atoms with E-state index in [0.717, 1.165) is 12.3 Å². The second-order valence-corrected chi connectivity index (χ2v) is 8.93. The number of esters is 2. The topological polar surface area (TPSA) is 202 Å². The van der Waals surface area contributed by atoms with E-state index in [0.29, 0.717) is 5.56 Å². The van der Waals surface area contributed by atoms with Crippen molar-refractivity contribution in [2.75, 3.05) is 13.2 Å². The summed E-state index contributed by atoms with van der Waals surface area (Å²) in [6.45, 7) is 2.89. The third-order valence-corrected chi connectivity index (χ3v) is 6.57. The van der Waals surface area contributed by atoms with Crippen LogP contribution in [0.2, 0.25) is 0 Å². The van der Waals surface area contributed by atoms with E-state index in [9.17, 15) is 40.2 Å². The van der Waals surface area contributed by atoms with E-state index in [4.69, 9.17) is 23.7 Å². The van der Waals surface area contributed by atoms with Crippen LogP contribution in [-0.2, 0) is 33.3 Å². The minimum Gasteiger partial charge on any atom is -0.504 e. The van der Waals surface area contributed by atoms with E-state index in [2.05, 4.69) is 6.58 Å². The van der Waals surface area contributed by atoms with Gasteiger partial charge in [0.15, 0.2) is 23.9 Å². The number of hydrogen-bond acceptors (Lipinski definition) is 13. The van der Waals surface area contributed by atoms with Gasteiger partial charge in [-0.15, -0.1) is 6.58 Å². The van der Waals surface area contributed by atoms with Crippen LogP contribution in [-0.4, -0.2) is 98.4 Å². The number of cyclic esters (lactones) is 1. The van der Waals surface area contributed by atoms with Gasteiger partial charge in [0.25, 0.3) is 0 Å². The molecule has 13 heteroatoms. The Kier molecular flexibility index (Phi) is 8.06. The average Bonchev–Trinajstić information content (AvgIpc) is 2.88. The highest BCUT2D eigenvalue weighted by atomic mass is 16.8. The van der Waals surface area contributed by atoms with Crippen LogP contribution in [0, 0.1) is 5.92 Å². The fourth-order valence-corrected chi connectivity index (χ4v) is 4.48. The molecule has 13 nitrogen and oxygen atoms in total. The first-order valence-electron chi connectivity index (χ1n) is 11.7. The molecule has 0 amide bonds. The van der Waals surface area contributed by atoms with E-state index < -0.39 is 72.8 Å². The van der Waals surface area contributed by atoms with Crippen molar-refractivity contribution in [2.24, 2.45) is 5.92 Å². The normalized spacial score (nSPS) is 35.0. The first-order valence-corrected chi connectivity index (χ1v) is 11.7. The zero-order valence-corrected chi connectivity index (χ0v) is 20.0. The smallest absolute Gasteiger partial charge is 0.340 e. The van der Waals surface area contributed by atoms with Gasteiger partial charge in [0.1, 0.15) is 29.5 Å². The molecular formula is C25H28O13. The average molecular weight is 536 g/mol. The number of phenolic OH excluding ortho intramolecular Hbond substituents is 2. The highest BCUT2D eigenvalue weighted by Crippen LogP contribution is 2.42. The van der Waals surface area contributed by atoms with E-state index >= 15 is 0 Å². The highest BCUT2D eigenvalue weighted by Gasteiger charge is 2.55. The molecule has 0 spiro atoms. The molecule has 3 aliphatic rings. The molecule has 0 radical (unpaired) electrons. The van der Waals surface area contributed by atoms with E-state index in [1.165, 1.54) is 30.4 Å². The van der Waals surface area contributed by atoms with Gasteiger partial charge in [-0.05, 0) is 23.8 Å². The Balaban J connectivity index is 1.44. The zero-order chi connectivity index (χ0) is 27.6. The molecule has 0 unspecified atom stereocenters. The van der Waals surface area contributed by atoms with Crippen LogP contribution in [0.3, 0.4) is 0 Å². The summed E-state index contributed by atoms with van der Waals surface area (Å²) < 4.78 is 26.8. The van der Waals surface area contributed by atoms with Crippen molar-refractivity contribution in [1.29, 1.82) is 0 Å². The molecule has 8 atom stereocenters. The fraction of sp³-hybridized carbons (Fsp3) is 0.440. The Bertz CT molecular complexity index is 1130. The second-order valence-electron chi connectivity index (χ2n) is 8.93. The number of benzene rings is 1. The summed E-state index contributed by atoms with van der Waals surface area (Å²) in [6, 6.07) is 3.85. The van der Waals surface area contributed by atoms with Crippen LogP contribution < -0.4 is 0 Å². The standard InChI is InChI=1S/C25H28O13/c1-2-13-23(35-11-14-22(32)34-8-7-25(13,14)33)38-24-20(31)19(30)21(17(10-26)36-24)37-18(29)6-4-12-3-5-15(27)16(28)9-12/h2-6,9,11,13,17,19-21,23-24,26-28,30-31,33H,1,7-8,10H2/b6-4+/t13-,17+,19+,20+,21+,23-,24-,25+/m0/s1. The first kappa shape index (κ1) is 27.6. The summed E-state index contributed by atoms with van der Waals surface area (Å²) >= 11 is 0. The van der Waals surface area contributed by atoms with Gasteiger partial charge >= 0.3 is 11.9 Å². The largest absolute Gasteiger partial charge is 0.504 e. The number of fused-ring (bicyclic) bond motifs is 1. The van der Waals surface area contributed by atoms with Gasteiger partial charge in [0.2, 0.25) is 6.29 Å². The molecule has 3 aliphatic heterocycles. The molecule has 38 heavy (non-hydrogen) atoms. The van der Waals surface area contributed by atoms with Crippen LogP contribution in [0.5, 0.6) is 11.5 Å². The van der Waals surface area contributed by atoms with Gasteiger partial charge < -0.3 is 54.3 Å². The Hall–Kier alpha value is -3.46. The van der Waals surface area contributed by atoms with Crippen molar-refractivity contribution >= 4 is 18.0 Å². The number of phenols is 2. The lowest BCUT2D eigenvalue weighted by Crippen LogP contribution is -2.62. The third kappa shape index (κ3) is 5.25. The zero-order valence-electron chi connectivity index (χ0n) is 20.0. The minimum absolute atomic E-state index is 0.0375. The van der Waals surface area contributed by atoms with Crippen LogP contribution in [0.1, 0.15) is 12.0 Å². The molecule has 1 aromatic carbocycles. The van der Waals surface area contributed by atoms with Gasteiger partial charge in [-0.25, -0.2) is 9.59 Å². The van der Waals surface area contributed by atoms with Gasteiger partial charge in [-0.2, -0.15) is 0 Å². The summed E-state index contributed by atoms with van der Waals surface area (Å²) in [5.74, 6) is -3.44. The monoisotopic (exact) mass is 536 g/mol. The summed E-state index contributed by atoms with van der Waals surface area (Å²) in [5.41, 5.74) is -1.47. The number of carbonyl (C=O) groups is 2. The van der Waals surface area contributed by atoms with Gasteiger partial charge in [0, 0.05) is 12.5 Å². The van der Waals surface area contributed by atoms with Crippen molar-refractivity contribution in [3.8, 4) is 11.5 Å². The lowest BCUT2D eigenvalue weighted by molar-refractivity contribution is -0.344. The van der Waals surface area contributed by atoms with Crippen LogP contribution in [0.15, 0.2) is 48.8 Å². The molecule has 2 saturated heterocycles.